The van der Waals surface area contributed by atoms with Gasteiger partial charge in [0.05, 0.1) is 5.60 Å². The van der Waals surface area contributed by atoms with Crippen LogP contribution < -0.4 is 5.73 Å². The molecule has 3 heteroatoms. The fourth-order valence-corrected chi connectivity index (χ4v) is 4.36. The molecule has 0 radical (unpaired) electrons. The largest absolute Gasteiger partial charge is 0.387 e. The van der Waals surface area contributed by atoms with Gasteiger partial charge < -0.3 is 10.8 Å². The predicted octanol–water partition coefficient (Wildman–Crippen LogP) is 1.76. The molecule has 1 saturated heterocycles. The lowest BCUT2D eigenvalue weighted by atomic mass is 9.67. The number of hydrogen-bond donors (Lipinski definition) is 2. The molecule has 1 saturated carbocycles. The maximum absolute atomic E-state index is 10.5. The molecule has 3 N–H and O–H groups in total. The molecule has 2 aliphatic rings. The van der Waals surface area contributed by atoms with Crippen LogP contribution in [0.5, 0.6) is 0 Å². The molecule has 0 spiro atoms. The average Bonchev–Trinajstić information content (AvgIpc) is 2.53. The van der Waals surface area contributed by atoms with Crippen molar-refractivity contribution in [2.45, 2.75) is 50.2 Å². The summed E-state index contributed by atoms with van der Waals surface area (Å²) in [5.41, 5.74) is 5.55. The second kappa shape index (κ2) is 3.69. The standard InChI is InChI=1S/C11H21NOS/c1-9-3-2-4-10(12,7-9)11(13)5-6-14-8-11/h9,13H,2-8,12H2,1H3. The molecule has 1 aliphatic carbocycles. The van der Waals surface area contributed by atoms with Gasteiger partial charge in [-0.25, -0.2) is 0 Å². The molecule has 0 aromatic heterocycles. The van der Waals surface area contributed by atoms with E-state index < -0.39 is 5.60 Å². The third kappa shape index (κ3) is 1.70. The molecule has 0 aromatic carbocycles. The van der Waals surface area contributed by atoms with E-state index in [4.69, 9.17) is 5.73 Å². The van der Waals surface area contributed by atoms with Gasteiger partial charge in [0.1, 0.15) is 0 Å². The summed E-state index contributed by atoms with van der Waals surface area (Å²) in [5, 5.41) is 10.5. The molecule has 2 nitrogen and oxygen atoms in total. The minimum atomic E-state index is -0.577. The van der Waals surface area contributed by atoms with Crippen LogP contribution in [0.25, 0.3) is 0 Å². The number of hydrogen-bond acceptors (Lipinski definition) is 3. The molecule has 14 heavy (non-hydrogen) atoms. The van der Waals surface area contributed by atoms with Crippen LogP contribution in [0.1, 0.15) is 39.0 Å². The number of rotatable bonds is 1. The first kappa shape index (κ1) is 10.8. The Hall–Kier alpha value is 0.270. The summed E-state index contributed by atoms with van der Waals surface area (Å²) in [6, 6.07) is 0. The maximum atomic E-state index is 10.5. The quantitative estimate of drug-likeness (QED) is 0.700. The summed E-state index contributed by atoms with van der Waals surface area (Å²) in [7, 11) is 0. The van der Waals surface area contributed by atoms with Crippen LogP contribution in [0.15, 0.2) is 0 Å². The van der Waals surface area contributed by atoms with Gasteiger partial charge in [0.15, 0.2) is 0 Å². The van der Waals surface area contributed by atoms with E-state index in [9.17, 15) is 5.11 Å². The van der Waals surface area contributed by atoms with Gasteiger partial charge in [-0.3, -0.25) is 0 Å². The van der Waals surface area contributed by atoms with Crippen molar-refractivity contribution in [1.82, 2.24) is 0 Å². The van der Waals surface area contributed by atoms with Crippen LogP contribution in [0.2, 0.25) is 0 Å². The smallest absolute Gasteiger partial charge is 0.0924 e. The highest BCUT2D eigenvalue weighted by Gasteiger charge is 2.50. The molecule has 2 fully saturated rings. The molecule has 0 amide bonds. The predicted molar refractivity (Wildman–Crippen MR) is 61.4 cm³/mol. The van der Waals surface area contributed by atoms with Gasteiger partial charge in [-0.05, 0) is 30.9 Å². The maximum Gasteiger partial charge on any atom is 0.0924 e. The fraction of sp³-hybridized carbons (Fsp3) is 1.00. The molecular formula is C11H21NOS. The summed E-state index contributed by atoms with van der Waals surface area (Å²) < 4.78 is 0. The molecular weight excluding hydrogens is 194 g/mol. The van der Waals surface area contributed by atoms with Crippen LogP contribution in [-0.4, -0.2) is 27.8 Å². The Morgan fingerprint density at radius 1 is 1.43 bits per heavy atom. The van der Waals surface area contributed by atoms with Gasteiger partial charge in [0.25, 0.3) is 0 Å². The summed E-state index contributed by atoms with van der Waals surface area (Å²) in [6.07, 6.45) is 5.37. The zero-order chi connectivity index (χ0) is 10.2. The van der Waals surface area contributed by atoms with Crippen LogP contribution in [0.4, 0.5) is 0 Å². The third-order valence-corrected chi connectivity index (χ3v) is 5.13. The highest BCUT2D eigenvalue weighted by molar-refractivity contribution is 7.99. The minimum Gasteiger partial charge on any atom is -0.387 e. The van der Waals surface area contributed by atoms with Crippen molar-refractivity contribution in [3.8, 4) is 0 Å². The fourth-order valence-electron chi connectivity index (χ4n) is 2.96. The summed E-state index contributed by atoms with van der Waals surface area (Å²) in [6.45, 7) is 2.26. The van der Waals surface area contributed by atoms with Crippen molar-refractivity contribution >= 4 is 11.8 Å². The van der Waals surface area contributed by atoms with Crippen molar-refractivity contribution in [3.63, 3.8) is 0 Å². The van der Waals surface area contributed by atoms with E-state index in [1.807, 2.05) is 11.8 Å². The van der Waals surface area contributed by atoms with Gasteiger partial charge in [-0.2, -0.15) is 11.8 Å². The molecule has 3 unspecified atom stereocenters. The van der Waals surface area contributed by atoms with Crippen molar-refractivity contribution < 1.29 is 5.11 Å². The van der Waals surface area contributed by atoms with Gasteiger partial charge in [0.2, 0.25) is 0 Å². The molecule has 3 atom stereocenters. The third-order valence-electron chi connectivity index (χ3n) is 3.96. The van der Waals surface area contributed by atoms with Gasteiger partial charge in [-0.1, -0.05) is 19.8 Å². The molecule has 0 aromatic rings. The highest BCUT2D eigenvalue weighted by atomic mass is 32.2. The average molecular weight is 215 g/mol. The first-order chi connectivity index (χ1) is 6.56. The van der Waals surface area contributed by atoms with Crippen LogP contribution in [0, 0.1) is 5.92 Å². The Kier molecular flexibility index (Phi) is 2.84. The number of aliphatic hydroxyl groups is 1. The Bertz CT molecular complexity index is 215. The molecule has 2 rings (SSSR count). The summed E-state index contributed by atoms with van der Waals surface area (Å²) in [4.78, 5) is 0. The summed E-state index contributed by atoms with van der Waals surface area (Å²) >= 11 is 1.84. The molecule has 1 aliphatic heterocycles. The van der Waals surface area contributed by atoms with Gasteiger partial charge >= 0.3 is 0 Å². The Balaban J connectivity index is 2.13. The lowest BCUT2D eigenvalue weighted by Gasteiger charge is -2.46. The SMILES string of the molecule is CC1CCCC(N)(C2(O)CCSC2)C1. The topological polar surface area (TPSA) is 46.2 Å². The van der Waals surface area contributed by atoms with Crippen LogP contribution >= 0.6 is 11.8 Å². The van der Waals surface area contributed by atoms with Gasteiger partial charge in [-0.15, -0.1) is 0 Å². The number of nitrogens with two attached hydrogens (primary N) is 1. The van der Waals surface area contributed by atoms with Gasteiger partial charge in [0, 0.05) is 11.3 Å². The number of thioether (sulfide) groups is 1. The lowest BCUT2D eigenvalue weighted by molar-refractivity contribution is -0.0377. The van der Waals surface area contributed by atoms with E-state index in [-0.39, 0.29) is 5.54 Å². The van der Waals surface area contributed by atoms with Crippen molar-refractivity contribution in [1.29, 1.82) is 0 Å². The Morgan fingerprint density at radius 2 is 2.21 bits per heavy atom. The second-order valence-electron chi connectivity index (χ2n) is 5.19. The minimum absolute atomic E-state index is 0.297. The van der Waals surface area contributed by atoms with E-state index in [0.717, 1.165) is 30.8 Å². The van der Waals surface area contributed by atoms with E-state index in [0.29, 0.717) is 5.92 Å². The Morgan fingerprint density at radius 3 is 2.79 bits per heavy atom. The van der Waals surface area contributed by atoms with Crippen LogP contribution in [0.3, 0.4) is 0 Å². The Labute approximate surface area is 90.6 Å². The van der Waals surface area contributed by atoms with Crippen molar-refractivity contribution in [2.24, 2.45) is 11.7 Å². The van der Waals surface area contributed by atoms with E-state index in [2.05, 4.69) is 6.92 Å². The normalized spacial score (nSPS) is 49.5. The highest BCUT2D eigenvalue weighted by Crippen LogP contribution is 2.44. The molecule has 1 heterocycles. The monoisotopic (exact) mass is 215 g/mol. The second-order valence-corrected chi connectivity index (χ2v) is 6.30. The van der Waals surface area contributed by atoms with Crippen LogP contribution in [-0.2, 0) is 0 Å². The molecule has 0 bridgehead atoms. The van der Waals surface area contributed by atoms with Crippen molar-refractivity contribution in [2.75, 3.05) is 11.5 Å². The van der Waals surface area contributed by atoms with E-state index in [1.165, 1.54) is 12.8 Å². The zero-order valence-electron chi connectivity index (χ0n) is 8.96. The van der Waals surface area contributed by atoms with E-state index >= 15 is 0 Å². The van der Waals surface area contributed by atoms with Crippen molar-refractivity contribution in [3.05, 3.63) is 0 Å². The first-order valence-electron chi connectivity index (χ1n) is 5.65. The zero-order valence-corrected chi connectivity index (χ0v) is 9.78. The molecule has 82 valence electrons. The lowest BCUT2D eigenvalue weighted by Crippen LogP contribution is -2.62. The first-order valence-corrected chi connectivity index (χ1v) is 6.80. The summed E-state index contributed by atoms with van der Waals surface area (Å²) in [5.74, 6) is 2.60. The van der Waals surface area contributed by atoms with E-state index in [1.54, 1.807) is 0 Å².